The molecule has 0 saturated carbocycles. The maximum absolute atomic E-state index is 13.2. The number of H-pyrrole nitrogens is 1. The van der Waals surface area contributed by atoms with E-state index in [1.165, 1.54) is 9.58 Å². The lowest BCUT2D eigenvalue weighted by molar-refractivity contribution is -0.121. The number of amides is 2. The van der Waals surface area contributed by atoms with Crippen molar-refractivity contribution >= 4 is 28.6 Å². The number of aromatic nitrogens is 3. The number of benzene rings is 2. The van der Waals surface area contributed by atoms with E-state index in [1.54, 1.807) is 31.2 Å². The van der Waals surface area contributed by atoms with Crippen molar-refractivity contribution in [3.05, 3.63) is 75.7 Å². The van der Waals surface area contributed by atoms with Crippen LogP contribution >= 0.6 is 0 Å². The summed E-state index contributed by atoms with van der Waals surface area (Å²) in [5.41, 5.74) is 2.83. The van der Waals surface area contributed by atoms with E-state index in [1.807, 2.05) is 31.2 Å². The molecule has 1 aliphatic heterocycles. The van der Waals surface area contributed by atoms with E-state index in [2.05, 4.69) is 10.1 Å². The fourth-order valence-corrected chi connectivity index (χ4v) is 3.99. The average Bonchev–Trinajstić information content (AvgIpc) is 3.36. The van der Waals surface area contributed by atoms with Crippen LogP contribution in [0.25, 0.3) is 17.1 Å². The van der Waals surface area contributed by atoms with Crippen LogP contribution < -0.4 is 10.5 Å². The van der Waals surface area contributed by atoms with Crippen molar-refractivity contribution in [1.29, 1.82) is 0 Å². The Bertz CT molecular complexity index is 1340. The number of anilines is 1. The van der Waals surface area contributed by atoms with E-state index in [9.17, 15) is 14.4 Å². The minimum atomic E-state index is -0.855. The highest BCUT2D eigenvalue weighted by Crippen LogP contribution is 2.34. The molecular weight excluding hydrogens is 384 g/mol. The third kappa shape index (κ3) is 2.61. The van der Waals surface area contributed by atoms with Gasteiger partial charge in [-0.1, -0.05) is 30.3 Å². The molecule has 2 amide bonds. The number of carbonyl (C=O) groups is 2. The van der Waals surface area contributed by atoms with E-state index < -0.39 is 17.4 Å². The zero-order chi connectivity index (χ0) is 21.0. The van der Waals surface area contributed by atoms with Gasteiger partial charge >= 0.3 is 6.01 Å². The van der Waals surface area contributed by atoms with Crippen molar-refractivity contribution < 1.29 is 14.0 Å². The summed E-state index contributed by atoms with van der Waals surface area (Å²) >= 11 is 0. The first-order chi connectivity index (χ1) is 14.5. The van der Waals surface area contributed by atoms with Gasteiger partial charge in [0.25, 0.3) is 5.56 Å². The van der Waals surface area contributed by atoms with Gasteiger partial charge in [0, 0.05) is 12.1 Å². The number of aromatic amines is 1. The van der Waals surface area contributed by atoms with E-state index in [4.69, 9.17) is 4.42 Å². The molecule has 8 nitrogen and oxygen atoms in total. The summed E-state index contributed by atoms with van der Waals surface area (Å²) < 4.78 is 6.86. The van der Waals surface area contributed by atoms with Crippen LogP contribution in [0.15, 0.2) is 57.7 Å². The lowest BCUT2D eigenvalue weighted by Crippen LogP contribution is -2.31. The number of nitrogens with one attached hydrogen (secondary N) is 1. The molecule has 0 aliphatic carbocycles. The molecular formula is C22H18N4O4. The SMILES string of the molecule is Cc1ccccc1N1C(=O)C[C@H](c2c(C)[nH]n(-c3nc4ccccc4o3)c2=O)C1=O. The number of carbonyl (C=O) groups excluding carboxylic acids is 2. The summed E-state index contributed by atoms with van der Waals surface area (Å²) in [6.45, 7) is 3.54. The van der Waals surface area contributed by atoms with Crippen LogP contribution in [-0.4, -0.2) is 26.6 Å². The lowest BCUT2D eigenvalue weighted by Gasteiger charge is -2.17. The lowest BCUT2D eigenvalue weighted by atomic mass is 9.98. The molecule has 0 bridgehead atoms. The zero-order valence-electron chi connectivity index (χ0n) is 16.4. The molecule has 8 heteroatoms. The number of para-hydroxylation sites is 3. The van der Waals surface area contributed by atoms with Crippen LogP contribution in [0.5, 0.6) is 0 Å². The number of imide groups is 1. The molecule has 1 N–H and O–H groups in total. The zero-order valence-corrected chi connectivity index (χ0v) is 16.4. The Hall–Kier alpha value is -3.94. The Morgan fingerprint density at radius 3 is 2.53 bits per heavy atom. The molecule has 3 heterocycles. The molecule has 30 heavy (non-hydrogen) atoms. The van der Waals surface area contributed by atoms with Crippen LogP contribution in [0.3, 0.4) is 0 Å². The van der Waals surface area contributed by atoms with Gasteiger partial charge in [0.1, 0.15) is 5.52 Å². The van der Waals surface area contributed by atoms with Crippen LogP contribution in [-0.2, 0) is 9.59 Å². The minimum Gasteiger partial charge on any atom is -0.422 e. The first-order valence-corrected chi connectivity index (χ1v) is 9.55. The molecule has 1 atom stereocenters. The van der Waals surface area contributed by atoms with Gasteiger partial charge in [0.05, 0.1) is 17.2 Å². The number of rotatable bonds is 3. The standard InChI is InChI=1S/C22H18N4O4/c1-12-7-3-5-9-16(12)25-18(27)11-14(20(25)28)19-13(2)24-26(21(19)29)22-23-15-8-4-6-10-17(15)30-22/h3-10,14,24H,11H2,1-2H3/t14-/m1/s1. The second kappa shape index (κ2) is 6.55. The van der Waals surface area contributed by atoms with Crippen LogP contribution in [0.4, 0.5) is 5.69 Å². The van der Waals surface area contributed by atoms with E-state index >= 15 is 0 Å². The fourth-order valence-electron chi connectivity index (χ4n) is 3.99. The molecule has 4 aromatic rings. The van der Waals surface area contributed by atoms with E-state index in [0.717, 1.165) is 5.56 Å². The van der Waals surface area contributed by atoms with Crippen molar-refractivity contribution in [2.75, 3.05) is 4.90 Å². The smallest absolute Gasteiger partial charge is 0.325 e. The minimum absolute atomic E-state index is 0.0609. The first kappa shape index (κ1) is 18.1. The highest BCUT2D eigenvalue weighted by molar-refractivity contribution is 6.23. The average molecular weight is 402 g/mol. The van der Waals surface area contributed by atoms with Gasteiger partial charge in [0.15, 0.2) is 5.58 Å². The fraction of sp³-hybridized carbons (Fsp3) is 0.182. The number of aryl methyl sites for hydroxylation is 2. The van der Waals surface area contributed by atoms with Gasteiger partial charge < -0.3 is 4.42 Å². The van der Waals surface area contributed by atoms with Crippen LogP contribution in [0.2, 0.25) is 0 Å². The maximum atomic E-state index is 13.2. The summed E-state index contributed by atoms with van der Waals surface area (Å²) in [6, 6.07) is 14.5. The van der Waals surface area contributed by atoms with Crippen molar-refractivity contribution in [2.45, 2.75) is 26.2 Å². The number of hydrogen-bond donors (Lipinski definition) is 1. The number of fused-ring (bicyclic) bond motifs is 1. The molecule has 2 aromatic heterocycles. The monoisotopic (exact) mass is 402 g/mol. The molecule has 0 unspecified atom stereocenters. The Balaban J connectivity index is 1.57. The maximum Gasteiger partial charge on any atom is 0.325 e. The molecule has 150 valence electrons. The summed E-state index contributed by atoms with van der Waals surface area (Å²) in [5, 5.41) is 2.93. The van der Waals surface area contributed by atoms with Crippen molar-refractivity contribution in [2.24, 2.45) is 0 Å². The predicted molar refractivity (Wildman–Crippen MR) is 110 cm³/mol. The second-order valence-electron chi connectivity index (χ2n) is 7.37. The van der Waals surface area contributed by atoms with Crippen molar-refractivity contribution in [3.8, 4) is 6.01 Å². The van der Waals surface area contributed by atoms with Crippen LogP contribution in [0, 0.1) is 13.8 Å². The van der Waals surface area contributed by atoms with E-state index in [-0.39, 0.29) is 23.9 Å². The number of oxazole rings is 1. The second-order valence-corrected chi connectivity index (χ2v) is 7.37. The van der Waals surface area contributed by atoms with Crippen LogP contribution in [0.1, 0.15) is 29.2 Å². The Morgan fingerprint density at radius 1 is 1.03 bits per heavy atom. The third-order valence-corrected chi connectivity index (χ3v) is 5.44. The van der Waals surface area contributed by atoms with Crippen molar-refractivity contribution in [3.63, 3.8) is 0 Å². The first-order valence-electron chi connectivity index (χ1n) is 9.55. The predicted octanol–water partition coefficient (Wildman–Crippen LogP) is 2.97. The number of hydrogen-bond acceptors (Lipinski definition) is 5. The summed E-state index contributed by atoms with van der Waals surface area (Å²) in [5.74, 6) is -1.59. The topological polar surface area (TPSA) is 101 Å². The molecule has 0 spiro atoms. The molecule has 0 radical (unpaired) electrons. The quantitative estimate of drug-likeness (QED) is 0.531. The van der Waals surface area contributed by atoms with Gasteiger partial charge in [-0.2, -0.15) is 9.67 Å². The summed E-state index contributed by atoms with van der Waals surface area (Å²) in [7, 11) is 0. The summed E-state index contributed by atoms with van der Waals surface area (Å²) in [6.07, 6.45) is -0.0609. The Labute approximate surface area is 170 Å². The summed E-state index contributed by atoms with van der Waals surface area (Å²) in [4.78, 5) is 44.5. The molecule has 1 fully saturated rings. The van der Waals surface area contributed by atoms with Gasteiger partial charge in [-0.25, -0.2) is 4.90 Å². The molecule has 2 aromatic carbocycles. The van der Waals surface area contributed by atoms with Gasteiger partial charge in [-0.3, -0.25) is 19.5 Å². The third-order valence-electron chi connectivity index (χ3n) is 5.44. The van der Waals surface area contributed by atoms with E-state index in [0.29, 0.717) is 22.5 Å². The Morgan fingerprint density at radius 2 is 1.77 bits per heavy atom. The van der Waals surface area contributed by atoms with Gasteiger partial charge in [-0.15, -0.1) is 0 Å². The highest BCUT2D eigenvalue weighted by Gasteiger charge is 2.43. The molecule has 1 saturated heterocycles. The largest absolute Gasteiger partial charge is 0.422 e. The van der Waals surface area contributed by atoms with Crippen molar-refractivity contribution in [1.82, 2.24) is 14.8 Å². The highest BCUT2D eigenvalue weighted by atomic mass is 16.4. The molecule has 5 rings (SSSR count). The van der Waals surface area contributed by atoms with Gasteiger partial charge in [-0.05, 0) is 37.6 Å². The number of nitrogens with zero attached hydrogens (tertiary/aromatic N) is 3. The normalized spacial score (nSPS) is 16.7. The van der Waals surface area contributed by atoms with Gasteiger partial charge in [0.2, 0.25) is 11.8 Å². The Kier molecular flexibility index (Phi) is 3.95. The molecule has 1 aliphatic rings.